The summed E-state index contributed by atoms with van der Waals surface area (Å²) in [5.74, 6) is -0.510. The Kier molecular flexibility index (Phi) is 5.92. The minimum absolute atomic E-state index is 0.0502. The number of carbonyl (C=O) groups is 2. The van der Waals surface area contributed by atoms with Gasteiger partial charge in [0.2, 0.25) is 15.9 Å². The maximum Gasteiger partial charge on any atom is 0.262 e. The number of rotatable bonds is 5. The van der Waals surface area contributed by atoms with Crippen LogP contribution in [0.15, 0.2) is 41.3 Å². The van der Waals surface area contributed by atoms with Gasteiger partial charge >= 0.3 is 0 Å². The van der Waals surface area contributed by atoms with Crippen molar-refractivity contribution in [3.63, 3.8) is 0 Å². The maximum atomic E-state index is 13.4. The molecule has 10 heteroatoms. The summed E-state index contributed by atoms with van der Waals surface area (Å²) in [6.07, 6.45) is 1.85. The normalized spacial score (nSPS) is 18.8. The number of ether oxygens (including phenoxy) is 1. The van der Waals surface area contributed by atoms with Crippen molar-refractivity contribution in [2.75, 3.05) is 23.8 Å². The molecule has 4 rings (SSSR count). The lowest BCUT2D eigenvalue weighted by molar-refractivity contribution is -0.119. The molecule has 1 atom stereocenters. The van der Waals surface area contributed by atoms with E-state index in [2.05, 4.69) is 10.6 Å². The van der Waals surface area contributed by atoms with Gasteiger partial charge in [0, 0.05) is 18.3 Å². The van der Waals surface area contributed by atoms with Gasteiger partial charge in [0.1, 0.15) is 16.7 Å². The van der Waals surface area contributed by atoms with E-state index in [0.717, 1.165) is 12.0 Å². The third-order valence-electron chi connectivity index (χ3n) is 5.39. The van der Waals surface area contributed by atoms with E-state index in [4.69, 9.17) is 16.3 Å². The fourth-order valence-corrected chi connectivity index (χ4v) is 5.92. The summed E-state index contributed by atoms with van der Waals surface area (Å²) in [4.78, 5) is 24.2. The van der Waals surface area contributed by atoms with E-state index >= 15 is 0 Å². The molecule has 0 saturated carbocycles. The van der Waals surface area contributed by atoms with Crippen LogP contribution in [-0.2, 0) is 26.0 Å². The summed E-state index contributed by atoms with van der Waals surface area (Å²) in [6, 6.07) is 9.25. The van der Waals surface area contributed by atoms with Crippen LogP contribution in [0.5, 0.6) is 5.75 Å². The number of hydrogen-bond donors (Lipinski definition) is 2. The largest absolute Gasteiger partial charge is 0.482 e. The van der Waals surface area contributed by atoms with Crippen LogP contribution in [0.1, 0.15) is 25.3 Å². The summed E-state index contributed by atoms with van der Waals surface area (Å²) < 4.78 is 33.3. The zero-order chi connectivity index (χ0) is 22.2. The van der Waals surface area contributed by atoms with Crippen LogP contribution in [0.3, 0.4) is 0 Å². The fraction of sp³-hybridized carbons (Fsp3) is 0.333. The van der Waals surface area contributed by atoms with Crippen molar-refractivity contribution < 1.29 is 22.7 Å². The van der Waals surface area contributed by atoms with Crippen molar-refractivity contribution in [3.8, 4) is 5.75 Å². The van der Waals surface area contributed by atoms with Crippen LogP contribution < -0.4 is 15.4 Å². The Morgan fingerprint density at radius 1 is 1.29 bits per heavy atom. The molecule has 2 aromatic carbocycles. The Labute approximate surface area is 185 Å². The predicted octanol–water partition coefficient (Wildman–Crippen LogP) is 3.03. The Morgan fingerprint density at radius 3 is 2.74 bits per heavy atom. The van der Waals surface area contributed by atoms with Gasteiger partial charge in [-0.05, 0) is 43.0 Å². The van der Waals surface area contributed by atoms with Gasteiger partial charge in [-0.15, -0.1) is 0 Å². The second-order valence-corrected chi connectivity index (χ2v) is 9.70. The van der Waals surface area contributed by atoms with E-state index in [1.54, 1.807) is 12.1 Å². The number of fused-ring (bicyclic) bond motifs is 1. The zero-order valence-corrected chi connectivity index (χ0v) is 18.4. The van der Waals surface area contributed by atoms with E-state index in [-0.39, 0.29) is 40.6 Å². The van der Waals surface area contributed by atoms with Crippen molar-refractivity contribution in [2.24, 2.45) is 0 Å². The first-order valence-corrected chi connectivity index (χ1v) is 11.8. The van der Waals surface area contributed by atoms with Gasteiger partial charge in [0.25, 0.3) is 5.91 Å². The van der Waals surface area contributed by atoms with Crippen molar-refractivity contribution in [2.45, 2.75) is 37.1 Å². The SMILES string of the molecule is CCc1ccc(NC(=O)C2CCCN2S(=O)(=O)c2cc3c(cc2Cl)NC(=O)CO3)cc1. The quantitative estimate of drug-likeness (QED) is 0.709. The number of carbonyl (C=O) groups excluding carboxylic acids is 2. The molecule has 2 aliphatic heterocycles. The van der Waals surface area contributed by atoms with Crippen LogP contribution in [0, 0.1) is 0 Å². The predicted molar refractivity (Wildman–Crippen MR) is 117 cm³/mol. The summed E-state index contributed by atoms with van der Waals surface area (Å²) in [6.45, 7) is 2.04. The second-order valence-electron chi connectivity index (χ2n) is 7.43. The molecule has 0 aliphatic carbocycles. The molecule has 0 bridgehead atoms. The van der Waals surface area contributed by atoms with E-state index < -0.39 is 16.1 Å². The molecule has 0 spiro atoms. The Balaban J connectivity index is 1.58. The zero-order valence-electron chi connectivity index (χ0n) is 16.9. The maximum absolute atomic E-state index is 13.4. The van der Waals surface area contributed by atoms with Gasteiger partial charge in [0.15, 0.2) is 6.61 Å². The van der Waals surface area contributed by atoms with Crippen molar-refractivity contribution in [1.29, 1.82) is 0 Å². The average Bonchev–Trinajstić information content (AvgIpc) is 3.25. The third kappa shape index (κ3) is 4.26. The van der Waals surface area contributed by atoms with Crippen LogP contribution >= 0.6 is 11.6 Å². The molecule has 2 amide bonds. The molecule has 8 nitrogen and oxygen atoms in total. The molecule has 2 heterocycles. The first-order valence-electron chi connectivity index (χ1n) is 9.97. The highest BCUT2D eigenvalue weighted by Crippen LogP contribution is 2.38. The highest BCUT2D eigenvalue weighted by molar-refractivity contribution is 7.89. The van der Waals surface area contributed by atoms with Crippen LogP contribution in [-0.4, -0.2) is 43.7 Å². The highest BCUT2D eigenvalue weighted by Gasteiger charge is 2.41. The summed E-state index contributed by atoms with van der Waals surface area (Å²) >= 11 is 6.24. The van der Waals surface area contributed by atoms with Gasteiger partial charge in [-0.3, -0.25) is 9.59 Å². The first-order chi connectivity index (χ1) is 14.8. The minimum atomic E-state index is -4.07. The van der Waals surface area contributed by atoms with E-state index in [1.165, 1.54) is 16.4 Å². The molecule has 2 aromatic rings. The molecule has 164 valence electrons. The number of nitrogens with one attached hydrogen (secondary N) is 2. The topological polar surface area (TPSA) is 105 Å². The van der Waals surface area contributed by atoms with E-state index in [0.29, 0.717) is 24.2 Å². The molecule has 31 heavy (non-hydrogen) atoms. The van der Waals surface area contributed by atoms with Crippen molar-refractivity contribution in [1.82, 2.24) is 4.31 Å². The average molecular weight is 464 g/mol. The summed E-state index contributed by atoms with van der Waals surface area (Å²) in [5.41, 5.74) is 2.07. The number of hydrogen-bond acceptors (Lipinski definition) is 5. The number of nitrogens with zero attached hydrogens (tertiary/aromatic N) is 1. The van der Waals surface area contributed by atoms with Gasteiger partial charge in [0.05, 0.1) is 10.7 Å². The lowest BCUT2D eigenvalue weighted by Crippen LogP contribution is -2.43. The monoisotopic (exact) mass is 463 g/mol. The molecular weight excluding hydrogens is 442 g/mol. The molecule has 0 radical (unpaired) electrons. The van der Waals surface area contributed by atoms with E-state index in [1.807, 2.05) is 19.1 Å². The molecule has 1 unspecified atom stereocenters. The Hall–Kier alpha value is -2.62. The lowest BCUT2D eigenvalue weighted by Gasteiger charge is -2.25. The van der Waals surface area contributed by atoms with E-state index in [9.17, 15) is 18.0 Å². The van der Waals surface area contributed by atoms with Crippen LogP contribution in [0.25, 0.3) is 0 Å². The molecule has 0 aromatic heterocycles. The van der Waals surface area contributed by atoms with Gasteiger partial charge in [-0.2, -0.15) is 4.31 Å². The molecule has 2 aliphatic rings. The first kappa shape index (κ1) is 21.6. The Bertz CT molecular complexity index is 1130. The van der Waals surface area contributed by atoms with Crippen molar-refractivity contribution in [3.05, 3.63) is 47.0 Å². The third-order valence-corrected chi connectivity index (χ3v) is 7.76. The van der Waals surface area contributed by atoms with Crippen molar-refractivity contribution >= 4 is 44.8 Å². The molecular formula is C21H22ClN3O5S. The Morgan fingerprint density at radius 2 is 2.03 bits per heavy atom. The number of halogens is 1. The number of sulfonamides is 1. The summed E-state index contributed by atoms with van der Waals surface area (Å²) in [5, 5.41) is 5.35. The molecule has 1 saturated heterocycles. The van der Waals surface area contributed by atoms with Gasteiger partial charge < -0.3 is 15.4 Å². The minimum Gasteiger partial charge on any atom is -0.482 e. The van der Waals surface area contributed by atoms with Crippen LogP contribution in [0.2, 0.25) is 5.02 Å². The number of aryl methyl sites for hydroxylation is 1. The van der Waals surface area contributed by atoms with Crippen LogP contribution in [0.4, 0.5) is 11.4 Å². The smallest absolute Gasteiger partial charge is 0.262 e. The second kappa shape index (κ2) is 8.49. The number of benzene rings is 2. The van der Waals surface area contributed by atoms with Gasteiger partial charge in [-0.1, -0.05) is 30.7 Å². The molecule has 1 fully saturated rings. The number of anilines is 2. The lowest BCUT2D eigenvalue weighted by atomic mass is 10.1. The van der Waals surface area contributed by atoms with Gasteiger partial charge in [-0.25, -0.2) is 8.42 Å². The fourth-order valence-electron chi connectivity index (χ4n) is 3.74. The standard InChI is InChI=1S/C21H22ClN3O5S/c1-2-13-5-7-14(8-6-13)23-21(27)17-4-3-9-25(17)31(28,29)19-11-18-16(10-15(19)22)24-20(26)12-30-18/h5-8,10-11,17H,2-4,9,12H2,1H3,(H,23,27)(H,24,26). The number of amides is 2. The summed E-state index contributed by atoms with van der Waals surface area (Å²) in [7, 11) is -4.07. The highest BCUT2D eigenvalue weighted by atomic mass is 35.5. The molecule has 2 N–H and O–H groups in total.